The molecule has 1 aliphatic heterocycles. The van der Waals surface area contributed by atoms with Gasteiger partial charge in [0.15, 0.2) is 6.17 Å². The van der Waals surface area contributed by atoms with Crippen LogP contribution in [0.25, 0.3) is 0 Å². The highest BCUT2D eigenvalue weighted by Crippen LogP contribution is 2.37. The van der Waals surface area contributed by atoms with E-state index in [0.717, 1.165) is 38.6 Å². The van der Waals surface area contributed by atoms with E-state index in [2.05, 4.69) is 10.3 Å². The normalized spacial score (nSPS) is 17.0. The third-order valence-electron chi connectivity index (χ3n) is 4.66. The average molecular weight is 554 g/mol. The third-order valence-corrected chi connectivity index (χ3v) is 6.23. The highest BCUT2D eigenvalue weighted by Gasteiger charge is 2.44. The molecule has 0 aromatic heterocycles. The van der Waals surface area contributed by atoms with Crippen LogP contribution in [0.1, 0.15) is 12.5 Å². The number of hydrogen-bond acceptors (Lipinski definition) is 5. The Hall–Kier alpha value is -2.14. The number of alkyl halides is 6. The van der Waals surface area contributed by atoms with Crippen LogP contribution in [0.3, 0.4) is 0 Å². The molecule has 2 aromatic rings. The Labute approximate surface area is 213 Å². The van der Waals surface area contributed by atoms with E-state index in [1.165, 1.54) is 24.9 Å². The number of nitrogens with one attached hydrogen (secondary N) is 1. The number of carbonyl (C=O) groups is 2. The molecule has 0 saturated carbocycles. The second-order valence-electron chi connectivity index (χ2n) is 7.00. The first-order chi connectivity index (χ1) is 15.8. The van der Waals surface area contributed by atoms with E-state index in [9.17, 15) is 22.8 Å². The van der Waals surface area contributed by atoms with Crippen molar-refractivity contribution >= 4 is 75.7 Å². The van der Waals surface area contributed by atoms with Gasteiger partial charge in [0.2, 0.25) is 9.63 Å². The van der Waals surface area contributed by atoms with E-state index in [1.807, 2.05) is 19.1 Å². The summed E-state index contributed by atoms with van der Waals surface area (Å²) in [6, 6.07) is 10.2. The smallest absolute Gasteiger partial charge is 0.359 e. The molecular weight excluding hydrogens is 536 g/mol. The van der Waals surface area contributed by atoms with Crippen molar-refractivity contribution < 1.29 is 22.8 Å². The van der Waals surface area contributed by atoms with Crippen molar-refractivity contribution in [3.63, 3.8) is 0 Å². The van der Waals surface area contributed by atoms with Crippen LogP contribution in [-0.4, -0.2) is 45.4 Å². The molecule has 0 aliphatic carbocycles. The van der Waals surface area contributed by atoms with Crippen LogP contribution >= 0.6 is 46.6 Å². The van der Waals surface area contributed by atoms with E-state index >= 15 is 0 Å². The van der Waals surface area contributed by atoms with Gasteiger partial charge in [-0.15, -0.1) is 11.8 Å². The molecule has 2 aromatic carbocycles. The Morgan fingerprint density at radius 1 is 1.09 bits per heavy atom. The predicted molar refractivity (Wildman–Crippen MR) is 130 cm³/mol. The van der Waals surface area contributed by atoms with Crippen molar-refractivity contribution in [2.45, 2.75) is 28.0 Å². The molecule has 0 radical (unpaired) electrons. The fourth-order valence-electron chi connectivity index (χ4n) is 3.06. The van der Waals surface area contributed by atoms with Crippen molar-refractivity contribution in [3.8, 4) is 0 Å². The average Bonchev–Trinajstić information content (AvgIpc) is 2.97. The maximum Gasteiger partial charge on any atom is 0.416 e. The van der Waals surface area contributed by atoms with E-state index in [-0.39, 0.29) is 5.69 Å². The van der Waals surface area contributed by atoms with Gasteiger partial charge in [0.1, 0.15) is 0 Å². The van der Waals surface area contributed by atoms with Gasteiger partial charge in [0.05, 0.1) is 11.3 Å². The van der Waals surface area contributed by atoms with E-state index < -0.39 is 39.5 Å². The predicted octanol–water partition coefficient (Wildman–Crippen LogP) is 6.42. The summed E-state index contributed by atoms with van der Waals surface area (Å²) >= 11 is 19.9. The van der Waals surface area contributed by atoms with Crippen molar-refractivity contribution in [1.29, 1.82) is 0 Å². The van der Waals surface area contributed by atoms with Crippen LogP contribution in [0.5, 0.6) is 0 Å². The number of imide groups is 1. The Morgan fingerprint density at radius 3 is 2.38 bits per heavy atom. The summed E-state index contributed by atoms with van der Waals surface area (Å²) in [6.07, 6.45) is -6.02. The number of thioether (sulfide) groups is 1. The lowest BCUT2D eigenvalue weighted by Gasteiger charge is -2.25. The number of amides is 3. The molecule has 1 unspecified atom stereocenters. The van der Waals surface area contributed by atoms with E-state index in [0.29, 0.717) is 5.69 Å². The molecule has 1 N–H and O–H groups in total. The molecule has 34 heavy (non-hydrogen) atoms. The van der Waals surface area contributed by atoms with Gasteiger partial charge in [-0.3, -0.25) is 9.69 Å². The highest BCUT2D eigenvalue weighted by atomic mass is 35.6. The zero-order chi connectivity index (χ0) is 25.3. The second kappa shape index (κ2) is 10.2. The Bertz CT molecular complexity index is 1120. The zero-order valence-corrected chi connectivity index (χ0v) is 20.8. The first kappa shape index (κ1) is 26.5. The first-order valence-corrected chi connectivity index (χ1v) is 11.9. The Balaban J connectivity index is 2.09. The van der Waals surface area contributed by atoms with Gasteiger partial charge in [-0.25, -0.2) is 14.7 Å². The lowest BCUT2D eigenvalue weighted by molar-refractivity contribution is -0.137. The fourth-order valence-corrected chi connectivity index (χ4v) is 4.14. The lowest BCUT2D eigenvalue weighted by atomic mass is 10.2. The number of aliphatic imine (C=N–C) groups is 1. The first-order valence-electron chi connectivity index (χ1n) is 9.77. The Kier molecular flexibility index (Phi) is 7.96. The minimum Gasteiger partial charge on any atom is -0.359 e. The topological polar surface area (TPSA) is 65.0 Å². The number of carbonyl (C=O) groups excluding carboxylic acids is 2. The quantitative estimate of drug-likeness (QED) is 0.255. The third kappa shape index (κ3) is 5.73. The number of rotatable bonds is 6. The number of benzene rings is 2. The standard InChI is InChI=1S/C21H18Cl3F3N4O2S/c1-3-34-15-10-5-4-9-14(15)28-18(20(22,23)24)29-16-17(32)30(2)19(33)31(16)13-8-6-7-12(11-13)21(25,26)27/h4-11,18,28H,3H2,1-2H3. The van der Waals surface area contributed by atoms with Gasteiger partial charge in [0, 0.05) is 17.6 Å². The molecule has 1 aliphatic rings. The molecule has 6 nitrogen and oxygen atoms in total. The number of halogens is 6. The molecule has 182 valence electrons. The van der Waals surface area contributed by atoms with Crippen LogP contribution in [0.4, 0.5) is 29.3 Å². The van der Waals surface area contributed by atoms with Crippen molar-refractivity contribution in [2.75, 3.05) is 23.0 Å². The minimum absolute atomic E-state index is 0.207. The highest BCUT2D eigenvalue weighted by molar-refractivity contribution is 7.99. The van der Waals surface area contributed by atoms with Crippen molar-refractivity contribution in [1.82, 2.24) is 4.90 Å². The summed E-state index contributed by atoms with van der Waals surface area (Å²) < 4.78 is 37.6. The molecule has 3 rings (SSSR count). The monoisotopic (exact) mass is 552 g/mol. The van der Waals surface area contributed by atoms with Crippen LogP contribution in [0.2, 0.25) is 0 Å². The number of para-hydroxylation sites is 1. The molecule has 13 heteroatoms. The van der Waals surface area contributed by atoms with Crippen LogP contribution in [-0.2, 0) is 11.0 Å². The summed E-state index contributed by atoms with van der Waals surface area (Å²) in [5.74, 6) is -0.594. The molecule has 3 amide bonds. The molecular formula is C21H18Cl3F3N4O2S. The summed E-state index contributed by atoms with van der Waals surface area (Å²) in [4.78, 5) is 32.1. The van der Waals surface area contributed by atoms with Gasteiger partial charge >= 0.3 is 12.2 Å². The minimum atomic E-state index is -4.66. The molecule has 1 saturated heterocycles. The Morgan fingerprint density at radius 2 is 1.76 bits per heavy atom. The summed E-state index contributed by atoms with van der Waals surface area (Å²) in [7, 11) is 1.18. The molecule has 1 atom stereocenters. The fraction of sp³-hybridized carbons (Fsp3) is 0.286. The maximum atomic E-state index is 13.2. The summed E-state index contributed by atoms with van der Waals surface area (Å²) in [6.45, 7) is 1.96. The van der Waals surface area contributed by atoms with Crippen molar-refractivity contribution in [3.05, 3.63) is 54.1 Å². The van der Waals surface area contributed by atoms with Gasteiger partial charge in [0.25, 0.3) is 5.91 Å². The largest absolute Gasteiger partial charge is 0.416 e. The number of urea groups is 1. The number of amidine groups is 1. The maximum absolute atomic E-state index is 13.2. The number of hydrogen-bond donors (Lipinski definition) is 1. The summed E-state index contributed by atoms with van der Waals surface area (Å²) in [5, 5.41) is 2.96. The van der Waals surface area contributed by atoms with Gasteiger partial charge in [-0.05, 0) is 36.1 Å². The zero-order valence-electron chi connectivity index (χ0n) is 17.7. The molecule has 0 spiro atoms. The van der Waals surface area contributed by atoms with Crippen LogP contribution < -0.4 is 10.2 Å². The molecule has 0 bridgehead atoms. The van der Waals surface area contributed by atoms with E-state index in [4.69, 9.17) is 34.8 Å². The summed E-state index contributed by atoms with van der Waals surface area (Å²) in [5.41, 5.74) is -0.646. The van der Waals surface area contributed by atoms with Gasteiger partial charge in [-0.2, -0.15) is 13.2 Å². The second-order valence-corrected chi connectivity index (χ2v) is 10.7. The van der Waals surface area contributed by atoms with Gasteiger partial charge < -0.3 is 5.32 Å². The number of likely N-dealkylation sites (N-methyl/N-ethyl adjacent to an activating group) is 1. The lowest BCUT2D eigenvalue weighted by Crippen LogP contribution is -2.38. The van der Waals surface area contributed by atoms with Gasteiger partial charge in [-0.1, -0.05) is 59.9 Å². The SMILES string of the molecule is CCSc1ccccc1NC(N=C1C(=O)N(C)C(=O)N1c1cccc(C(F)(F)F)c1)C(Cl)(Cl)Cl. The molecule has 1 heterocycles. The van der Waals surface area contributed by atoms with E-state index in [1.54, 1.807) is 12.1 Å². The van der Waals surface area contributed by atoms with Crippen LogP contribution in [0, 0.1) is 0 Å². The number of nitrogens with zero attached hydrogens (tertiary/aromatic N) is 3. The van der Waals surface area contributed by atoms with Crippen molar-refractivity contribution in [2.24, 2.45) is 4.99 Å². The van der Waals surface area contributed by atoms with Crippen LogP contribution in [0.15, 0.2) is 58.4 Å². The number of anilines is 2. The molecule has 1 fully saturated rings.